The molecule has 0 aliphatic heterocycles. The number of rotatable bonds is 8. The van der Waals surface area contributed by atoms with Crippen molar-refractivity contribution < 1.29 is 9.53 Å². The number of amides is 1. The number of nitrogens with zero attached hydrogens (tertiary/aromatic N) is 2. The first kappa shape index (κ1) is 18.5. The molecule has 0 saturated carbocycles. The third-order valence-corrected chi connectivity index (χ3v) is 5.18. The van der Waals surface area contributed by atoms with Crippen LogP contribution in [0.5, 0.6) is 0 Å². The van der Waals surface area contributed by atoms with E-state index in [-0.39, 0.29) is 5.91 Å². The molecular formula is C20H23N3O2S. The molecule has 1 aromatic heterocycles. The van der Waals surface area contributed by atoms with Gasteiger partial charge in [0.1, 0.15) is 0 Å². The van der Waals surface area contributed by atoms with E-state index in [0.29, 0.717) is 25.4 Å². The number of ether oxygens (including phenoxy) is 1. The van der Waals surface area contributed by atoms with E-state index in [1.807, 2.05) is 42.5 Å². The number of imidazole rings is 1. The summed E-state index contributed by atoms with van der Waals surface area (Å²) in [4.78, 5) is 16.9. The van der Waals surface area contributed by atoms with E-state index in [2.05, 4.69) is 27.9 Å². The van der Waals surface area contributed by atoms with Crippen molar-refractivity contribution in [3.63, 3.8) is 0 Å². The molecule has 0 saturated heterocycles. The van der Waals surface area contributed by atoms with E-state index < -0.39 is 0 Å². The second-order valence-electron chi connectivity index (χ2n) is 6.02. The number of para-hydroxylation sites is 2. The average Bonchev–Trinajstić information content (AvgIpc) is 3.01. The van der Waals surface area contributed by atoms with E-state index in [4.69, 9.17) is 4.74 Å². The Bertz CT molecular complexity index is 892. The van der Waals surface area contributed by atoms with Gasteiger partial charge in [-0.15, -0.1) is 0 Å². The van der Waals surface area contributed by atoms with Gasteiger partial charge in [0, 0.05) is 20.2 Å². The zero-order valence-corrected chi connectivity index (χ0v) is 15.9. The van der Waals surface area contributed by atoms with Crippen molar-refractivity contribution >= 4 is 28.7 Å². The molecule has 136 valence electrons. The van der Waals surface area contributed by atoms with Crippen LogP contribution in [-0.4, -0.2) is 34.9 Å². The first-order chi connectivity index (χ1) is 12.7. The molecule has 0 bridgehead atoms. The minimum Gasteiger partial charge on any atom is -0.383 e. The Hall–Kier alpha value is -2.31. The van der Waals surface area contributed by atoms with Crippen LogP contribution in [0.3, 0.4) is 0 Å². The van der Waals surface area contributed by atoms with Gasteiger partial charge in [0.15, 0.2) is 5.16 Å². The molecule has 1 heterocycles. The number of carbonyl (C=O) groups is 1. The van der Waals surface area contributed by atoms with Gasteiger partial charge in [-0.2, -0.15) is 0 Å². The molecule has 0 radical (unpaired) electrons. The largest absolute Gasteiger partial charge is 0.383 e. The van der Waals surface area contributed by atoms with Crippen LogP contribution in [0.15, 0.2) is 53.7 Å². The number of methoxy groups -OCH3 is 1. The standard InChI is InChI=1S/C20H23N3O2S/c1-15-7-3-4-8-16(15)13-21-19(24)14-26-20-22-17-9-5-6-10-18(17)23(20)11-12-25-2/h3-10H,11-14H2,1-2H3,(H,21,24). The molecule has 0 aliphatic rings. The zero-order valence-electron chi connectivity index (χ0n) is 15.1. The molecule has 26 heavy (non-hydrogen) atoms. The van der Waals surface area contributed by atoms with Gasteiger partial charge in [-0.25, -0.2) is 4.98 Å². The molecule has 3 aromatic rings. The van der Waals surface area contributed by atoms with E-state index in [0.717, 1.165) is 21.8 Å². The van der Waals surface area contributed by atoms with Gasteiger partial charge in [-0.05, 0) is 30.2 Å². The number of fused-ring (bicyclic) bond motifs is 1. The van der Waals surface area contributed by atoms with Gasteiger partial charge >= 0.3 is 0 Å². The third-order valence-electron chi connectivity index (χ3n) is 4.21. The summed E-state index contributed by atoms with van der Waals surface area (Å²) >= 11 is 1.45. The Morgan fingerprint density at radius 1 is 1.19 bits per heavy atom. The lowest BCUT2D eigenvalue weighted by atomic mass is 10.1. The summed E-state index contributed by atoms with van der Waals surface area (Å²) < 4.78 is 7.32. The molecule has 3 rings (SSSR count). The maximum Gasteiger partial charge on any atom is 0.230 e. The molecule has 0 fully saturated rings. The predicted octanol–water partition coefficient (Wildman–Crippen LogP) is 3.40. The second-order valence-corrected chi connectivity index (χ2v) is 6.96. The van der Waals surface area contributed by atoms with E-state index in [1.165, 1.54) is 17.3 Å². The first-order valence-electron chi connectivity index (χ1n) is 8.57. The van der Waals surface area contributed by atoms with Crippen molar-refractivity contribution in [3.05, 3.63) is 59.7 Å². The van der Waals surface area contributed by atoms with Crippen molar-refractivity contribution in [1.29, 1.82) is 0 Å². The fraction of sp³-hybridized carbons (Fsp3) is 0.300. The second kappa shape index (κ2) is 8.87. The molecule has 1 amide bonds. The van der Waals surface area contributed by atoms with Crippen molar-refractivity contribution in [3.8, 4) is 0 Å². The number of hydrogen-bond donors (Lipinski definition) is 1. The molecule has 1 N–H and O–H groups in total. The van der Waals surface area contributed by atoms with Crippen LogP contribution in [0.25, 0.3) is 11.0 Å². The van der Waals surface area contributed by atoms with E-state index in [9.17, 15) is 4.79 Å². The Labute approximate surface area is 157 Å². The summed E-state index contributed by atoms with van der Waals surface area (Å²) in [6.07, 6.45) is 0. The highest BCUT2D eigenvalue weighted by atomic mass is 32.2. The lowest BCUT2D eigenvalue weighted by molar-refractivity contribution is -0.118. The Morgan fingerprint density at radius 3 is 2.77 bits per heavy atom. The molecular weight excluding hydrogens is 346 g/mol. The highest BCUT2D eigenvalue weighted by molar-refractivity contribution is 7.99. The number of benzene rings is 2. The SMILES string of the molecule is COCCn1c(SCC(=O)NCc2ccccc2C)nc2ccccc21. The van der Waals surface area contributed by atoms with Gasteiger partial charge in [0.05, 0.1) is 23.4 Å². The number of nitrogens with one attached hydrogen (secondary N) is 1. The van der Waals surface area contributed by atoms with E-state index >= 15 is 0 Å². The molecule has 0 aliphatic carbocycles. The highest BCUT2D eigenvalue weighted by Gasteiger charge is 2.12. The van der Waals surface area contributed by atoms with Gasteiger partial charge in [0.2, 0.25) is 5.91 Å². The Kier molecular flexibility index (Phi) is 6.30. The van der Waals surface area contributed by atoms with Gasteiger partial charge in [0.25, 0.3) is 0 Å². The monoisotopic (exact) mass is 369 g/mol. The van der Waals surface area contributed by atoms with Crippen LogP contribution in [0.4, 0.5) is 0 Å². The zero-order chi connectivity index (χ0) is 18.4. The predicted molar refractivity (Wildman–Crippen MR) is 105 cm³/mol. The smallest absolute Gasteiger partial charge is 0.230 e. The summed E-state index contributed by atoms with van der Waals surface area (Å²) in [7, 11) is 1.69. The summed E-state index contributed by atoms with van der Waals surface area (Å²) in [6.45, 7) is 3.91. The summed E-state index contributed by atoms with van der Waals surface area (Å²) in [5.41, 5.74) is 4.32. The molecule has 5 nitrogen and oxygen atoms in total. The van der Waals surface area contributed by atoms with Crippen LogP contribution < -0.4 is 5.32 Å². The van der Waals surface area contributed by atoms with Crippen molar-refractivity contribution in [1.82, 2.24) is 14.9 Å². The molecule has 6 heteroatoms. The Balaban J connectivity index is 1.63. The van der Waals surface area contributed by atoms with Gasteiger partial charge < -0.3 is 14.6 Å². The number of hydrogen-bond acceptors (Lipinski definition) is 4. The van der Waals surface area contributed by atoms with Gasteiger partial charge in [-0.3, -0.25) is 4.79 Å². The lowest BCUT2D eigenvalue weighted by Crippen LogP contribution is -2.25. The fourth-order valence-corrected chi connectivity index (χ4v) is 3.62. The number of aryl methyl sites for hydroxylation is 1. The third kappa shape index (κ3) is 4.45. The lowest BCUT2D eigenvalue weighted by Gasteiger charge is -2.09. The maximum absolute atomic E-state index is 12.2. The topological polar surface area (TPSA) is 56.1 Å². The van der Waals surface area contributed by atoms with Crippen LogP contribution in [-0.2, 0) is 22.6 Å². The molecule has 0 atom stereocenters. The number of aromatic nitrogens is 2. The summed E-state index contributed by atoms with van der Waals surface area (Å²) in [6, 6.07) is 16.1. The average molecular weight is 369 g/mol. The minimum atomic E-state index is 0.00333. The van der Waals surface area contributed by atoms with Crippen molar-refractivity contribution in [2.45, 2.75) is 25.2 Å². The van der Waals surface area contributed by atoms with Gasteiger partial charge in [-0.1, -0.05) is 48.2 Å². The van der Waals surface area contributed by atoms with Crippen LogP contribution in [0.2, 0.25) is 0 Å². The minimum absolute atomic E-state index is 0.00333. The van der Waals surface area contributed by atoms with Crippen LogP contribution in [0.1, 0.15) is 11.1 Å². The fourth-order valence-electron chi connectivity index (χ4n) is 2.75. The molecule has 0 unspecified atom stereocenters. The van der Waals surface area contributed by atoms with Crippen molar-refractivity contribution in [2.75, 3.05) is 19.5 Å². The quantitative estimate of drug-likeness (QED) is 0.618. The van der Waals surface area contributed by atoms with Crippen LogP contribution in [0, 0.1) is 6.92 Å². The normalized spacial score (nSPS) is 11.0. The number of carbonyl (C=O) groups excluding carboxylic acids is 1. The van der Waals surface area contributed by atoms with Crippen molar-refractivity contribution in [2.24, 2.45) is 0 Å². The highest BCUT2D eigenvalue weighted by Crippen LogP contribution is 2.24. The van der Waals surface area contributed by atoms with Crippen LogP contribution >= 0.6 is 11.8 Å². The number of thioether (sulfide) groups is 1. The first-order valence-corrected chi connectivity index (χ1v) is 9.56. The Morgan fingerprint density at radius 2 is 1.96 bits per heavy atom. The maximum atomic E-state index is 12.2. The molecule has 0 spiro atoms. The summed E-state index contributed by atoms with van der Waals surface area (Å²) in [5, 5.41) is 3.83. The molecule has 2 aromatic carbocycles. The van der Waals surface area contributed by atoms with E-state index in [1.54, 1.807) is 7.11 Å². The summed E-state index contributed by atoms with van der Waals surface area (Å²) in [5.74, 6) is 0.339.